The standard InChI is InChI=1S/C22H16Cl3N3O3/c23-16-9-7-14(8-10-16)13-31-17-4-1-3-15(11-17)12-26-28-22(30)21(29)27-19-6-2-5-18(24)20(19)25/h1-12H,13H2,(H,27,29)(H,28,30)/b26-12-. The molecule has 158 valence electrons. The number of nitrogens with zero attached hydrogens (tertiary/aromatic N) is 1. The molecule has 0 bridgehead atoms. The highest BCUT2D eigenvalue weighted by molar-refractivity contribution is 6.45. The molecule has 3 aromatic carbocycles. The first-order chi connectivity index (χ1) is 14.9. The highest BCUT2D eigenvalue weighted by Crippen LogP contribution is 2.29. The molecule has 0 aromatic heterocycles. The number of anilines is 1. The van der Waals surface area contributed by atoms with Gasteiger partial charge in [0.2, 0.25) is 0 Å². The lowest BCUT2D eigenvalue weighted by molar-refractivity contribution is -0.136. The maximum atomic E-state index is 12.0. The average Bonchev–Trinajstić information content (AvgIpc) is 2.77. The van der Waals surface area contributed by atoms with Crippen LogP contribution in [-0.4, -0.2) is 18.0 Å². The van der Waals surface area contributed by atoms with Crippen molar-refractivity contribution < 1.29 is 14.3 Å². The summed E-state index contributed by atoms with van der Waals surface area (Å²) in [7, 11) is 0. The van der Waals surface area contributed by atoms with Gasteiger partial charge in [-0.3, -0.25) is 9.59 Å². The average molecular weight is 477 g/mol. The largest absolute Gasteiger partial charge is 0.489 e. The van der Waals surface area contributed by atoms with E-state index in [4.69, 9.17) is 39.5 Å². The fraction of sp³-hybridized carbons (Fsp3) is 0.0455. The van der Waals surface area contributed by atoms with Crippen LogP contribution in [0, 0.1) is 0 Å². The fourth-order valence-electron chi connectivity index (χ4n) is 2.43. The first-order valence-electron chi connectivity index (χ1n) is 8.98. The minimum atomic E-state index is -0.956. The Morgan fingerprint density at radius 3 is 2.45 bits per heavy atom. The Morgan fingerprint density at radius 2 is 1.68 bits per heavy atom. The second-order valence-corrected chi connectivity index (χ2v) is 7.46. The summed E-state index contributed by atoms with van der Waals surface area (Å²) in [6.07, 6.45) is 1.40. The maximum Gasteiger partial charge on any atom is 0.329 e. The van der Waals surface area contributed by atoms with Crippen LogP contribution in [0.15, 0.2) is 71.8 Å². The molecule has 0 spiro atoms. The smallest absolute Gasteiger partial charge is 0.329 e. The monoisotopic (exact) mass is 475 g/mol. The Balaban J connectivity index is 1.53. The van der Waals surface area contributed by atoms with Gasteiger partial charge in [-0.2, -0.15) is 5.10 Å². The maximum absolute atomic E-state index is 12.0. The molecule has 0 aliphatic rings. The van der Waals surface area contributed by atoms with Crippen molar-refractivity contribution in [2.24, 2.45) is 5.10 Å². The summed E-state index contributed by atoms with van der Waals surface area (Å²) in [6.45, 7) is 0.376. The van der Waals surface area contributed by atoms with Crippen LogP contribution in [0.3, 0.4) is 0 Å². The quantitative estimate of drug-likeness (QED) is 0.287. The molecule has 0 saturated heterocycles. The van der Waals surface area contributed by atoms with Gasteiger partial charge in [0, 0.05) is 5.02 Å². The van der Waals surface area contributed by atoms with E-state index < -0.39 is 11.8 Å². The molecule has 0 fully saturated rings. The molecular weight excluding hydrogens is 461 g/mol. The van der Waals surface area contributed by atoms with E-state index in [-0.39, 0.29) is 15.7 Å². The van der Waals surface area contributed by atoms with Gasteiger partial charge in [-0.15, -0.1) is 0 Å². The number of hydrogen-bond acceptors (Lipinski definition) is 4. The number of rotatable bonds is 6. The van der Waals surface area contributed by atoms with Crippen molar-refractivity contribution in [1.29, 1.82) is 0 Å². The van der Waals surface area contributed by atoms with Crippen LogP contribution in [-0.2, 0) is 16.2 Å². The fourth-order valence-corrected chi connectivity index (χ4v) is 2.90. The third-order valence-electron chi connectivity index (χ3n) is 3.96. The number of carbonyl (C=O) groups excluding carboxylic acids is 2. The van der Waals surface area contributed by atoms with Gasteiger partial charge in [-0.25, -0.2) is 5.43 Å². The molecule has 0 saturated carbocycles. The Morgan fingerprint density at radius 1 is 0.935 bits per heavy atom. The van der Waals surface area contributed by atoms with Gasteiger partial charge < -0.3 is 10.1 Å². The Bertz CT molecular complexity index is 1120. The molecule has 0 atom stereocenters. The summed E-state index contributed by atoms with van der Waals surface area (Å²) in [4.78, 5) is 23.9. The highest BCUT2D eigenvalue weighted by Gasteiger charge is 2.15. The van der Waals surface area contributed by atoms with Gasteiger partial charge in [0.05, 0.1) is 21.9 Å². The van der Waals surface area contributed by atoms with E-state index in [0.29, 0.717) is 22.9 Å². The number of halogens is 3. The van der Waals surface area contributed by atoms with E-state index in [0.717, 1.165) is 5.56 Å². The summed E-state index contributed by atoms with van der Waals surface area (Å²) >= 11 is 17.7. The normalized spacial score (nSPS) is 10.7. The number of hydrazone groups is 1. The minimum absolute atomic E-state index is 0.143. The molecule has 31 heavy (non-hydrogen) atoms. The van der Waals surface area contributed by atoms with Crippen LogP contribution in [0.4, 0.5) is 5.69 Å². The third kappa shape index (κ3) is 6.72. The predicted molar refractivity (Wildman–Crippen MR) is 123 cm³/mol. The second kappa shape index (κ2) is 10.8. The zero-order valence-corrected chi connectivity index (χ0v) is 18.2. The molecule has 0 unspecified atom stereocenters. The number of hydrogen-bond donors (Lipinski definition) is 2. The first-order valence-corrected chi connectivity index (χ1v) is 10.1. The van der Waals surface area contributed by atoms with Gasteiger partial charge in [0.1, 0.15) is 12.4 Å². The van der Waals surface area contributed by atoms with Crippen molar-refractivity contribution in [3.63, 3.8) is 0 Å². The van der Waals surface area contributed by atoms with Crippen molar-refractivity contribution in [3.8, 4) is 5.75 Å². The lowest BCUT2D eigenvalue weighted by Gasteiger charge is -2.07. The van der Waals surface area contributed by atoms with Crippen molar-refractivity contribution in [2.45, 2.75) is 6.61 Å². The lowest BCUT2D eigenvalue weighted by atomic mass is 10.2. The summed E-state index contributed by atoms with van der Waals surface area (Å²) in [5.41, 5.74) is 4.03. The van der Waals surface area contributed by atoms with Crippen LogP contribution < -0.4 is 15.5 Å². The molecule has 0 radical (unpaired) electrons. The van der Waals surface area contributed by atoms with Crippen LogP contribution in [0.1, 0.15) is 11.1 Å². The van der Waals surface area contributed by atoms with Crippen molar-refractivity contribution in [3.05, 3.63) is 92.9 Å². The second-order valence-electron chi connectivity index (χ2n) is 6.24. The Kier molecular flexibility index (Phi) is 7.89. The molecule has 0 heterocycles. The van der Waals surface area contributed by atoms with Gasteiger partial charge in [0.15, 0.2) is 0 Å². The van der Waals surface area contributed by atoms with Gasteiger partial charge in [-0.05, 0) is 47.5 Å². The summed E-state index contributed by atoms with van der Waals surface area (Å²) in [5.74, 6) is -1.26. The number of carbonyl (C=O) groups is 2. The SMILES string of the molecule is O=C(N/N=C\c1cccc(OCc2ccc(Cl)cc2)c1)C(=O)Nc1cccc(Cl)c1Cl. The first kappa shape index (κ1) is 22.6. The zero-order valence-electron chi connectivity index (χ0n) is 15.9. The lowest BCUT2D eigenvalue weighted by Crippen LogP contribution is -2.32. The molecule has 9 heteroatoms. The van der Waals surface area contributed by atoms with E-state index in [9.17, 15) is 9.59 Å². The van der Waals surface area contributed by atoms with Crippen LogP contribution in [0.2, 0.25) is 15.1 Å². The number of ether oxygens (including phenoxy) is 1. The van der Waals surface area contributed by atoms with E-state index in [2.05, 4.69) is 15.8 Å². The van der Waals surface area contributed by atoms with E-state index in [1.165, 1.54) is 12.3 Å². The van der Waals surface area contributed by atoms with Crippen LogP contribution in [0.25, 0.3) is 0 Å². The minimum Gasteiger partial charge on any atom is -0.489 e. The Labute approximate surface area is 193 Å². The molecule has 2 amide bonds. The van der Waals surface area contributed by atoms with Gasteiger partial charge >= 0.3 is 11.8 Å². The van der Waals surface area contributed by atoms with E-state index >= 15 is 0 Å². The van der Waals surface area contributed by atoms with Crippen LogP contribution in [0.5, 0.6) is 5.75 Å². The van der Waals surface area contributed by atoms with Crippen LogP contribution >= 0.6 is 34.8 Å². The van der Waals surface area contributed by atoms with Gasteiger partial charge in [-0.1, -0.05) is 65.1 Å². The molecule has 6 nitrogen and oxygen atoms in total. The zero-order chi connectivity index (χ0) is 22.2. The van der Waals surface area contributed by atoms with Gasteiger partial charge in [0.25, 0.3) is 0 Å². The number of nitrogens with one attached hydrogen (secondary N) is 2. The molecule has 0 aliphatic carbocycles. The third-order valence-corrected chi connectivity index (χ3v) is 5.03. The summed E-state index contributed by atoms with van der Waals surface area (Å²) < 4.78 is 5.75. The molecule has 3 rings (SSSR count). The topological polar surface area (TPSA) is 79.8 Å². The molecular formula is C22H16Cl3N3O3. The summed E-state index contributed by atoms with van der Waals surface area (Å²) in [6, 6.07) is 19.1. The molecule has 2 N–H and O–H groups in total. The summed E-state index contributed by atoms with van der Waals surface area (Å²) in [5, 5.41) is 7.24. The van der Waals surface area contributed by atoms with Crippen molar-refractivity contribution in [1.82, 2.24) is 5.43 Å². The highest BCUT2D eigenvalue weighted by atomic mass is 35.5. The number of benzene rings is 3. The van der Waals surface area contributed by atoms with Crippen molar-refractivity contribution in [2.75, 3.05) is 5.32 Å². The Hall–Kier alpha value is -3.06. The van der Waals surface area contributed by atoms with Crippen molar-refractivity contribution >= 4 is 58.5 Å². The molecule has 0 aliphatic heterocycles. The van der Waals surface area contributed by atoms with E-state index in [1.54, 1.807) is 48.5 Å². The van der Waals surface area contributed by atoms with E-state index in [1.807, 2.05) is 12.1 Å². The number of amides is 2. The molecule has 3 aromatic rings. The predicted octanol–water partition coefficient (Wildman–Crippen LogP) is 5.31.